The summed E-state index contributed by atoms with van der Waals surface area (Å²) >= 11 is 0. The lowest BCUT2D eigenvalue weighted by Gasteiger charge is -2.17. The number of hydrogen-bond donors (Lipinski definition) is 0. The van der Waals surface area contributed by atoms with Crippen molar-refractivity contribution in [3.63, 3.8) is 0 Å². The summed E-state index contributed by atoms with van der Waals surface area (Å²) in [5.41, 5.74) is 2.03. The van der Waals surface area contributed by atoms with E-state index in [4.69, 9.17) is 4.74 Å². The van der Waals surface area contributed by atoms with E-state index in [1.54, 1.807) is 30.2 Å². The first-order chi connectivity index (χ1) is 12.2. The number of aromatic nitrogens is 4. The van der Waals surface area contributed by atoms with Crippen molar-refractivity contribution in [3.8, 4) is 0 Å². The third kappa shape index (κ3) is 3.10. The Bertz CT molecular complexity index is 893. The third-order valence-electron chi connectivity index (χ3n) is 4.52. The number of hydrogen-bond acceptors (Lipinski definition) is 6. The molecule has 0 N–H and O–H groups in total. The van der Waals surface area contributed by atoms with Gasteiger partial charge in [0, 0.05) is 39.0 Å². The predicted molar refractivity (Wildman–Crippen MR) is 92.9 cm³/mol. The van der Waals surface area contributed by atoms with E-state index in [9.17, 15) is 4.79 Å². The standard InChI is InChI=1S/C18H19N5O2/c1-25-14-6-8-22(12-14)18-5-4-17-20-11-15(23(17)21-18)16(24)9-13-3-2-7-19-10-13/h2-5,7,10-11,14H,6,8-9,12H2,1H3/t14-/m0/s1. The molecule has 0 saturated carbocycles. The maximum atomic E-state index is 12.7. The van der Waals surface area contributed by atoms with Crippen LogP contribution in [0.1, 0.15) is 22.5 Å². The summed E-state index contributed by atoms with van der Waals surface area (Å²) in [5, 5.41) is 4.64. The summed E-state index contributed by atoms with van der Waals surface area (Å²) in [6, 6.07) is 7.55. The summed E-state index contributed by atoms with van der Waals surface area (Å²) in [7, 11) is 1.73. The van der Waals surface area contributed by atoms with Gasteiger partial charge in [0.25, 0.3) is 0 Å². The molecule has 0 radical (unpaired) electrons. The second-order valence-electron chi connectivity index (χ2n) is 6.16. The third-order valence-corrected chi connectivity index (χ3v) is 4.52. The number of methoxy groups -OCH3 is 1. The number of ketones is 1. The van der Waals surface area contributed by atoms with Crippen LogP contribution in [-0.2, 0) is 11.2 Å². The van der Waals surface area contributed by atoms with Crippen LogP contribution in [0.25, 0.3) is 5.65 Å². The summed E-state index contributed by atoms with van der Waals surface area (Å²) in [5.74, 6) is 0.807. The molecule has 4 rings (SSSR count). The maximum Gasteiger partial charge on any atom is 0.187 e. The van der Waals surface area contributed by atoms with Gasteiger partial charge in [0.05, 0.1) is 12.3 Å². The Balaban J connectivity index is 1.61. The molecular formula is C18H19N5O2. The van der Waals surface area contributed by atoms with Crippen molar-refractivity contribution in [1.29, 1.82) is 0 Å². The number of nitrogens with zero attached hydrogens (tertiary/aromatic N) is 5. The van der Waals surface area contributed by atoms with Gasteiger partial charge in [-0.25, -0.2) is 9.50 Å². The molecule has 1 saturated heterocycles. The molecule has 1 atom stereocenters. The van der Waals surface area contributed by atoms with Crippen molar-refractivity contribution in [1.82, 2.24) is 19.6 Å². The molecule has 0 aliphatic carbocycles. The van der Waals surface area contributed by atoms with Crippen molar-refractivity contribution < 1.29 is 9.53 Å². The lowest BCUT2D eigenvalue weighted by Crippen LogP contribution is -2.24. The minimum atomic E-state index is -0.0265. The van der Waals surface area contributed by atoms with Crippen LogP contribution in [0.4, 0.5) is 5.82 Å². The lowest BCUT2D eigenvalue weighted by molar-refractivity contribution is 0.0986. The van der Waals surface area contributed by atoms with E-state index >= 15 is 0 Å². The van der Waals surface area contributed by atoms with Gasteiger partial charge in [0.15, 0.2) is 11.4 Å². The second kappa shape index (κ2) is 6.60. The number of carbonyl (C=O) groups is 1. The number of Topliss-reactive ketones (excluding diaryl/α,β-unsaturated/α-hetero) is 1. The molecule has 4 heterocycles. The van der Waals surface area contributed by atoms with Crippen LogP contribution in [0.15, 0.2) is 42.9 Å². The average Bonchev–Trinajstić information content (AvgIpc) is 3.29. The van der Waals surface area contributed by atoms with Gasteiger partial charge in [-0.15, -0.1) is 5.10 Å². The number of ether oxygens (including phenoxy) is 1. The van der Waals surface area contributed by atoms with Crippen LogP contribution >= 0.6 is 0 Å². The Morgan fingerprint density at radius 1 is 1.32 bits per heavy atom. The largest absolute Gasteiger partial charge is 0.380 e. The monoisotopic (exact) mass is 337 g/mol. The van der Waals surface area contributed by atoms with Gasteiger partial charge in [-0.1, -0.05) is 6.07 Å². The number of pyridine rings is 1. The van der Waals surface area contributed by atoms with Crippen molar-refractivity contribution in [3.05, 3.63) is 54.1 Å². The van der Waals surface area contributed by atoms with Crippen molar-refractivity contribution >= 4 is 17.2 Å². The number of imidazole rings is 1. The number of anilines is 1. The molecule has 128 valence electrons. The highest BCUT2D eigenvalue weighted by atomic mass is 16.5. The van der Waals surface area contributed by atoms with E-state index in [1.165, 1.54) is 0 Å². The zero-order chi connectivity index (χ0) is 17.2. The van der Waals surface area contributed by atoms with Crippen LogP contribution in [0.3, 0.4) is 0 Å². The molecule has 0 aromatic carbocycles. The van der Waals surface area contributed by atoms with Crippen LogP contribution in [0, 0.1) is 0 Å². The SMILES string of the molecule is CO[C@H]1CCN(c2ccc3ncc(C(=O)Cc4cccnc4)n3n2)C1. The van der Waals surface area contributed by atoms with Gasteiger partial charge < -0.3 is 9.64 Å². The lowest BCUT2D eigenvalue weighted by atomic mass is 10.1. The Morgan fingerprint density at radius 2 is 2.24 bits per heavy atom. The summed E-state index contributed by atoms with van der Waals surface area (Å²) in [6.07, 6.45) is 6.48. The minimum absolute atomic E-state index is 0.0265. The highest BCUT2D eigenvalue weighted by molar-refractivity contribution is 5.96. The second-order valence-corrected chi connectivity index (χ2v) is 6.16. The van der Waals surface area contributed by atoms with Crippen molar-refractivity contribution in [2.24, 2.45) is 0 Å². The van der Waals surface area contributed by atoms with Crippen molar-refractivity contribution in [2.45, 2.75) is 18.9 Å². The van der Waals surface area contributed by atoms with E-state index in [2.05, 4.69) is 20.0 Å². The zero-order valence-corrected chi connectivity index (χ0v) is 14.0. The highest BCUT2D eigenvalue weighted by Crippen LogP contribution is 2.20. The number of carbonyl (C=O) groups excluding carboxylic acids is 1. The van der Waals surface area contributed by atoms with Gasteiger partial charge >= 0.3 is 0 Å². The summed E-state index contributed by atoms with van der Waals surface area (Å²) in [6.45, 7) is 1.70. The highest BCUT2D eigenvalue weighted by Gasteiger charge is 2.24. The van der Waals surface area contributed by atoms with E-state index in [1.807, 2.05) is 24.3 Å². The van der Waals surface area contributed by atoms with E-state index in [0.717, 1.165) is 30.9 Å². The fourth-order valence-electron chi connectivity index (χ4n) is 3.13. The van der Waals surface area contributed by atoms with Crippen LogP contribution in [0.5, 0.6) is 0 Å². The molecule has 3 aromatic rings. The van der Waals surface area contributed by atoms with Gasteiger partial charge in [-0.3, -0.25) is 9.78 Å². The molecule has 0 bridgehead atoms. The topological polar surface area (TPSA) is 72.6 Å². The minimum Gasteiger partial charge on any atom is -0.380 e. The van der Waals surface area contributed by atoms with Gasteiger partial charge in [-0.05, 0) is 30.2 Å². The molecule has 7 heteroatoms. The van der Waals surface area contributed by atoms with E-state index in [0.29, 0.717) is 11.3 Å². The molecule has 7 nitrogen and oxygen atoms in total. The molecule has 0 amide bonds. The molecule has 3 aromatic heterocycles. The van der Waals surface area contributed by atoms with Crippen LogP contribution in [0.2, 0.25) is 0 Å². The Kier molecular flexibility index (Phi) is 4.15. The molecule has 1 fully saturated rings. The van der Waals surface area contributed by atoms with Crippen LogP contribution in [-0.4, -0.2) is 51.7 Å². The molecule has 25 heavy (non-hydrogen) atoms. The number of fused-ring (bicyclic) bond motifs is 1. The van der Waals surface area contributed by atoms with Gasteiger partial charge in [0.2, 0.25) is 0 Å². The summed E-state index contributed by atoms with van der Waals surface area (Å²) in [4.78, 5) is 23.2. The fourth-order valence-corrected chi connectivity index (χ4v) is 3.13. The van der Waals surface area contributed by atoms with Crippen molar-refractivity contribution in [2.75, 3.05) is 25.1 Å². The predicted octanol–water partition coefficient (Wildman–Crippen LogP) is 1.77. The molecular weight excluding hydrogens is 318 g/mol. The first-order valence-corrected chi connectivity index (χ1v) is 8.29. The molecule has 1 aliphatic rings. The fraction of sp³-hybridized carbons (Fsp3) is 0.333. The number of rotatable bonds is 5. The molecule has 0 spiro atoms. The quantitative estimate of drug-likeness (QED) is 0.661. The molecule has 1 aliphatic heterocycles. The van der Waals surface area contributed by atoms with Gasteiger partial charge in [-0.2, -0.15) is 0 Å². The maximum absolute atomic E-state index is 12.7. The first-order valence-electron chi connectivity index (χ1n) is 8.29. The Morgan fingerprint density at radius 3 is 3.00 bits per heavy atom. The Labute approximate surface area is 145 Å². The van der Waals surface area contributed by atoms with E-state index in [-0.39, 0.29) is 18.3 Å². The normalized spacial score (nSPS) is 17.3. The Hall–Kier alpha value is -2.80. The van der Waals surface area contributed by atoms with Crippen LogP contribution < -0.4 is 4.90 Å². The van der Waals surface area contributed by atoms with E-state index < -0.39 is 0 Å². The smallest absolute Gasteiger partial charge is 0.187 e. The van der Waals surface area contributed by atoms with Gasteiger partial charge in [0.1, 0.15) is 11.5 Å². The average molecular weight is 337 g/mol. The zero-order valence-electron chi connectivity index (χ0n) is 14.0. The summed E-state index contributed by atoms with van der Waals surface area (Å²) < 4.78 is 7.05. The molecule has 0 unspecified atom stereocenters. The first kappa shape index (κ1) is 15.7.